The molecule has 1 atom stereocenters. The highest BCUT2D eigenvalue weighted by Crippen LogP contribution is 2.37. The Morgan fingerprint density at radius 2 is 1.76 bits per heavy atom. The summed E-state index contributed by atoms with van der Waals surface area (Å²) in [6, 6.07) is 0. The topological polar surface area (TPSA) is 66.4 Å². The first kappa shape index (κ1) is 19.7. The van der Waals surface area contributed by atoms with Crippen molar-refractivity contribution in [2.45, 2.75) is 82.3 Å². The Balaban J connectivity index is 1.39. The van der Waals surface area contributed by atoms with Gasteiger partial charge >= 0.3 is 0 Å². The molecule has 0 unspecified atom stereocenters. The van der Waals surface area contributed by atoms with E-state index in [1.54, 1.807) is 4.31 Å². The van der Waals surface area contributed by atoms with Crippen molar-refractivity contribution in [3.05, 3.63) is 17.1 Å². The minimum absolute atomic E-state index is 0.119. The van der Waals surface area contributed by atoms with Crippen molar-refractivity contribution in [2.75, 3.05) is 31.1 Å². The molecule has 1 aromatic heterocycles. The molecule has 7 heteroatoms. The molecule has 160 valence electrons. The predicted octanol–water partition coefficient (Wildman–Crippen LogP) is 3.40. The van der Waals surface area contributed by atoms with Crippen LogP contribution in [0.25, 0.3) is 0 Å². The number of hydrogen-bond acceptors (Lipinski definition) is 5. The zero-order valence-corrected chi connectivity index (χ0v) is 18.5. The van der Waals surface area contributed by atoms with Crippen LogP contribution in [0.3, 0.4) is 0 Å². The van der Waals surface area contributed by atoms with Crippen LogP contribution in [0.5, 0.6) is 0 Å². The van der Waals surface area contributed by atoms with Gasteiger partial charge in [-0.05, 0) is 64.2 Å². The van der Waals surface area contributed by atoms with E-state index in [2.05, 4.69) is 11.8 Å². The molecule has 2 aliphatic heterocycles. The molecular weight excluding hydrogens is 384 g/mol. The smallest absolute Gasteiger partial charge is 0.217 e. The van der Waals surface area contributed by atoms with Gasteiger partial charge in [-0.25, -0.2) is 22.7 Å². The summed E-state index contributed by atoms with van der Waals surface area (Å²) in [5.74, 6) is 2.96. The maximum Gasteiger partial charge on any atom is 0.217 e. The van der Waals surface area contributed by atoms with Gasteiger partial charge in [0.15, 0.2) is 0 Å². The van der Waals surface area contributed by atoms with E-state index in [1.807, 2.05) is 0 Å². The molecule has 0 radical (unpaired) electrons. The van der Waals surface area contributed by atoms with Gasteiger partial charge in [0, 0.05) is 43.4 Å². The highest BCUT2D eigenvalue weighted by Gasteiger charge is 2.38. The highest BCUT2D eigenvalue weighted by molar-refractivity contribution is 7.89. The van der Waals surface area contributed by atoms with E-state index in [1.165, 1.54) is 24.8 Å². The average Bonchev–Trinajstić information content (AvgIpc) is 3.36. The second kappa shape index (κ2) is 7.80. The van der Waals surface area contributed by atoms with Crippen LogP contribution in [-0.2, 0) is 16.4 Å². The normalized spacial score (nSPS) is 26.7. The summed E-state index contributed by atoms with van der Waals surface area (Å²) in [4.78, 5) is 12.4. The number of nitrogens with zero attached hydrogens (tertiary/aromatic N) is 4. The van der Waals surface area contributed by atoms with Gasteiger partial charge in [0.05, 0.1) is 5.25 Å². The van der Waals surface area contributed by atoms with Crippen molar-refractivity contribution >= 4 is 15.8 Å². The van der Waals surface area contributed by atoms with E-state index in [0.29, 0.717) is 13.1 Å². The summed E-state index contributed by atoms with van der Waals surface area (Å²) in [6.07, 6.45) is 10.6. The number of sulfonamides is 1. The maximum absolute atomic E-state index is 13.1. The Morgan fingerprint density at radius 3 is 2.52 bits per heavy atom. The van der Waals surface area contributed by atoms with Gasteiger partial charge in [-0.15, -0.1) is 0 Å². The molecule has 1 aromatic rings. The first-order valence-corrected chi connectivity index (χ1v) is 13.1. The Hall–Kier alpha value is -1.21. The molecule has 3 fully saturated rings. The predicted molar refractivity (Wildman–Crippen MR) is 115 cm³/mol. The minimum atomic E-state index is -3.18. The monoisotopic (exact) mass is 418 g/mol. The van der Waals surface area contributed by atoms with E-state index in [-0.39, 0.29) is 11.2 Å². The molecule has 3 heterocycles. The molecule has 4 aliphatic rings. The molecule has 0 N–H and O–H groups in total. The first-order chi connectivity index (χ1) is 14.0. The Bertz CT molecular complexity index is 862. The van der Waals surface area contributed by atoms with Crippen molar-refractivity contribution in [1.82, 2.24) is 14.3 Å². The number of aromatic nitrogens is 2. The third-order valence-electron chi connectivity index (χ3n) is 7.37. The van der Waals surface area contributed by atoms with Gasteiger partial charge in [0.1, 0.15) is 11.6 Å². The lowest BCUT2D eigenvalue weighted by atomic mass is 9.97. The summed E-state index contributed by atoms with van der Waals surface area (Å²) in [5, 5.41) is -0.165. The fraction of sp³-hybridized carbons (Fsp3) is 0.818. The van der Waals surface area contributed by atoms with Crippen molar-refractivity contribution in [3.8, 4) is 0 Å². The molecule has 0 aromatic carbocycles. The lowest BCUT2D eigenvalue weighted by Crippen LogP contribution is -2.43. The molecular formula is C22H34N4O2S. The van der Waals surface area contributed by atoms with E-state index < -0.39 is 10.0 Å². The maximum atomic E-state index is 13.1. The van der Waals surface area contributed by atoms with Crippen molar-refractivity contribution < 1.29 is 8.42 Å². The zero-order chi connectivity index (χ0) is 20.0. The Kier molecular flexibility index (Phi) is 5.31. The van der Waals surface area contributed by atoms with Crippen LogP contribution in [0.1, 0.15) is 80.8 Å². The van der Waals surface area contributed by atoms with E-state index in [0.717, 1.165) is 81.3 Å². The molecule has 2 saturated carbocycles. The Labute approximate surface area is 175 Å². The van der Waals surface area contributed by atoms with Crippen molar-refractivity contribution in [3.63, 3.8) is 0 Å². The molecule has 0 spiro atoms. The summed E-state index contributed by atoms with van der Waals surface area (Å²) < 4.78 is 28.0. The number of aryl methyl sites for hydroxylation is 1. The average molecular weight is 419 g/mol. The molecule has 29 heavy (non-hydrogen) atoms. The molecule has 0 amide bonds. The van der Waals surface area contributed by atoms with Gasteiger partial charge in [-0.1, -0.05) is 12.8 Å². The lowest BCUT2D eigenvalue weighted by molar-refractivity contribution is 0.305. The van der Waals surface area contributed by atoms with Crippen LogP contribution in [-0.4, -0.2) is 54.1 Å². The quantitative estimate of drug-likeness (QED) is 0.733. The SMILES string of the molecule is Cc1nc([C@H]2CCCN(S(=O)(=O)C3CCCC3)C2)nc2c1CCCN2CC1CC1. The van der Waals surface area contributed by atoms with Crippen molar-refractivity contribution in [1.29, 1.82) is 0 Å². The zero-order valence-electron chi connectivity index (χ0n) is 17.6. The largest absolute Gasteiger partial charge is 0.356 e. The summed E-state index contributed by atoms with van der Waals surface area (Å²) in [5.41, 5.74) is 2.41. The van der Waals surface area contributed by atoms with E-state index >= 15 is 0 Å². The van der Waals surface area contributed by atoms with E-state index in [9.17, 15) is 8.42 Å². The van der Waals surface area contributed by atoms with Crippen LogP contribution >= 0.6 is 0 Å². The third-order valence-corrected chi connectivity index (χ3v) is 9.74. The van der Waals surface area contributed by atoms with Crippen LogP contribution in [0, 0.1) is 12.8 Å². The van der Waals surface area contributed by atoms with Gasteiger partial charge in [-0.2, -0.15) is 0 Å². The highest BCUT2D eigenvalue weighted by atomic mass is 32.2. The second-order valence-electron chi connectivity index (χ2n) is 9.61. The fourth-order valence-electron chi connectivity index (χ4n) is 5.46. The van der Waals surface area contributed by atoms with Gasteiger partial charge < -0.3 is 4.90 Å². The van der Waals surface area contributed by atoms with Crippen LogP contribution in [0.4, 0.5) is 5.82 Å². The second-order valence-corrected chi connectivity index (χ2v) is 11.8. The first-order valence-electron chi connectivity index (χ1n) is 11.6. The number of piperidine rings is 1. The van der Waals surface area contributed by atoms with Crippen LogP contribution in [0.2, 0.25) is 0 Å². The number of rotatable bonds is 5. The standard InChI is InChI=1S/C22H34N4O2S/c1-16-20-9-5-12-25(14-17-10-11-17)22(20)24-21(23-16)18-6-4-13-26(15-18)29(27,28)19-7-2-3-8-19/h17-19H,2-15H2,1H3/t18-/m0/s1. The van der Waals surface area contributed by atoms with Crippen molar-refractivity contribution in [2.24, 2.45) is 5.92 Å². The summed E-state index contributed by atoms with van der Waals surface area (Å²) >= 11 is 0. The third kappa shape index (κ3) is 3.92. The van der Waals surface area contributed by atoms with Crippen LogP contribution in [0.15, 0.2) is 0 Å². The number of hydrogen-bond donors (Lipinski definition) is 0. The lowest BCUT2D eigenvalue weighted by Gasteiger charge is -2.35. The molecule has 5 rings (SSSR count). The van der Waals surface area contributed by atoms with Gasteiger partial charge in [0.25, 0.3) is 0 Å². The molecule has 2 aliphatic carbocycles. The molecule has 0 bridgehead atoms. The minimum Gasteiger partial charge on any atom is -0.356 e. The van der Waals surface area contributed by atoms with E-state index in [4.69, 9.17) is 9.97 Å². The van der Waals surface area contributed by atoms with Gasteiger partial charge in [-0.3, -0.25) is 0 Å². The summed E-state index contributed by atoms with van der Waals surface area (Å²) in [7, 11) is -3.18. The summed E-state index contributed by atoms with van der Waals surface area (Å²) in [6.45, 7) is 5.54. The Morgan fingerprint density at radius 1 is 0.966 bits per heavy atom. The molecule has 6 nitrogen and oxygen atoms in total. The number of anilines is 1. The fourth-order valence-corrected chi connectivity index (χ4v) is 7.58. The van der Waals surface area contributed by atoms with Gasteiger partial charge in [0.2, 0.25) is 10.0 Å². The number of fused-ring (bicyclic) bond motifs is 1. The van der Waals surface area contributed by atoms with Crippen LogP contribution < -0.4 is 4.90 Å². The molecule has 1 saturated heterocycles.